The highest BCUT2D eigenvalue weighted by molar-refractivity contribution is 5.93. The molecule has 1 heterocycles. The molecule has 2 rings (SSSR count). The van der Waals surface area contributed by atoms with Crippen molar-refractivity contribution in [1.82, 2.24) is 5.32 Å². The molecule has 0 unspecified atom stereocenters. The lowest BCUT2D eigenvalue weighted by Gasteiger charge is -2.07. The Morgan fingerprint density at radius 3 is 2.76 bits per heavy atom. The van der Waals surface area contributed by atoms with Crippen LogP contribution in [0.1, 0.15) is 22.5 Å². The van der Waals surface area contributed by atoms with Gasteiger partial charge < -0.3 is 20.2 Å². The molecule has 110 valence electrons. The number of anilines is 1. The van der Waals surface area contributed by atoms with Gasteiger partial charge in [0.15, 0.2) is 5.76 Å². The highest BCUT2D eigenvalue weighted by Gasteiger charge is 2.09. The summed E-state index contributed by atoms with van der Waals surface area (Å²) < 4.78 is 4.94. The van der Waals surface area contributed by atoms with E-state index in [2.05, 4.69) is 10.6 Å². The average Bonchev–Trinajstić information content (AvgIpc) is 3.01. The summed E-state index contributed by atoms with van der Waals surface area (Å²) in [4.78, 5) is 23.3. The molecule has 0 aliphatic carbocycles. The molecule has 0 saturated carbocycles. The molecule has 6 nitrogen and oxygen atoms in total. The van der Waals surface area contributed by atoms with Gasteiger partial charge in [-0.15, -0.1) is 0 Å². The minimum atomic E-state index is -0.352. The number of benzene rings is 1. The lowest BCUT2D eigenvalue weighted by Crippen LogP contribution is -2.27. The summed E-state index contributed by atoms with van der Waals surface area (Å²) in [6.07, 6.45) is 1.56. The number of hydrogen-bond donors (Lipinski definition) is 3. The maximum atomic E-state index is 11.7. The maximum absolute atomic E-state index is 11.7. The molecular formula is C15H16N2O4. The number of aliphatic hydroxyl groups excluding tert-OH is 1. The number of nitrogens with one attached hydrogen (secondary N) is 2. The van der Waals surface area contributed by atoms with E-state index in [1.807, 2.05) is 0 Å². The first-order chi connectivity index (χ1) is 10.2. The molecule has 0 bridgehead atoms. The summed E-state index contributed by atoms with van der Waals surface area (Å²) in [5, 5.41) is 14.3. The molecule has 6 heteroatoms. The van der Waals surface area contributed by atoms with E-state index >= 15 is 0 Å². The highest BCUT2D eigenvalue weighted by Crippen LogP contribution is 2.10. The van der Waals surface area contributed by atoms with Crippen LogP contribution in [0, 0.1) is 0 Å². The van der Waals surface area contributed by atoms with Gasteiger partial charge in [0, 0.05) is 18.7 Å². The fourth-order valence-corrected chi connectivity index (χ4v) is 1.76. The summed E-state index contributed by atoms with van der Waals surface area (Å²) in [6.45, 7) is 0.133. The van der Waals surface area contributed by atoms with Gasteiger partial charge in [0.2, 0.25) is 5.91 Å². The Labute approximate surface area is 121 Å². The molecule has 0 radical (unpaired) electrons. The molecule has 1 aromatic heterocycles. The van der Waals surface area contributed by atoms with Crippen molar-refractivity contribution in [3.8, 4) is 0 Å². The van der Waals surface area contributed by atoms with Crippen molar-refractivity contribution in [3.63, 3.8) is 0 Å². The molecule has 21 heavy (non-hydrogen) atoms. The minimum absolute atomic E-state index is 0.0804. The largest absolute Gasteiger partial charge is 0.459 e. The van der Waals surface area contributed by atoms with Gasteiger partial charge in [-0.2, -0.15) is 0 Å². The van der Waals surface area contributed by atoms with Crippen LogP contribution < -0.4 is 10.6 Å². The van der Waals surface area contributed by atoms with E-state index in [1.165, 1.54) is 6.26 Å². The van der Waals surface area contributed by atoms with Gasteiger partial charge in [0.1, 0.15) is 0 Å². The third-order valence-electron chi connectivity index (χ3n) is 2.78. The predicted octanol–water partition coefficient (Wildman–Crippen LogP) is 1.53. The van der Waals surface area contributed by atoms with Crippen LogP contribution >= 0.6 is 0 Å². The quantitative estimate of drug-likeness (QED) is 0.751. The summed E-state index contributed by atoms with van der Waals surface area (Å²) in [6, 6.07) is 10.1. The summed E-state index contributed by atoms with van der Waals surface area (Å²) in [5.41, 5.74) is 1.34. The van der Waals surface area contributed by atoms with Gasteiger partial charge in [0.05, 0.1) is 12.9 Å². The Bertz CT molecular complexity index is 608. The Kier molecular flexibility index (Phi) is 5.11. The third-order valence-corrected chi connectivity index (χ3v) is 2.78. The molecule has 0 fully saturated rings. The van der Waals surface area contributed by atoms with E-state index in [0.717, 1.165) is 5.56 Å². The van der Waals surface area contributed by atoms with Crippen molar-refractivity contribution < 1.29 is 19.1 Å². The highest BCUT2D eigenvalue weighted by atomic mass is 16.3. The number of hydrogen-bond acceptors (Lipinski definition) is 4. The van der Waals surface area contributed by atoms with Crippen LogP contribution in [-0.2, 0) is 11.4 Å². The smallest absolute Gasteiger partial charge is 0.286 e. The van der Waals surface area contributed by atoms with Crippen molar-refractivity contribution in [3.05, 3.63) is 54.0 Å². The van der Waals surface area contributed by atoms with E-state index in [-0.39, 0.29) is 37.1 Å². The normalized spacial score (nSPS) is 10.1. The van der Waals surface area contributed by atoms with Crippen LogP contribution in [0.25, 0.3) is 0 Å². The Hall–Kier alpha value is -2.60. The van der Waals surface area contributed by atoms with Gasteiger partial charge in [0.25, 0.3) is 5.91 Å². The summed E-state index contributed by atoms with van der Waals surface area (Å²) >= 11 is 0. The fourth-order valence-electron chi connectivity index (χ4n) is 1.76. The SMILES string of the molecule is O=C(CCNC(=O)c1ccco1)Nc1cccc(CO)c1. The van der Waals surface area contributed by atoms with Crippen LogP contribution in [0.3, 0.4) is 0 Å². The van der Waals surface area contributed by atoms with Crippen LogP contribution in [0.15, 0.2) is 47.1 Å². The van der Waals surface area contributed by atoms with Crippen LogP contribution in [0.4, 0.5) is 5.69 Å². The van der Waals surface area contributed by atoms with Crippen LogP contribution in [0.2, 0.25) is 0 Å². The summed E-state index contributed by atoms with van der Waals surface area (Å²) in [7, 11) is 0. The number of aliphatic hydroxyl groups is 1. The van der Waals surface area contributed by atoms with Crippen molar-refractivity contribution >= 4 is 17.5 Å². The third kappa shape index (κ3) is 4.47. The zero-order chi connectivity index (χ0) is 15.1. The second kappa shape index (κ2) is 7.25. The monoisotopic (exact) mass is 288 g/mol. The van der Waals surface area contributed by atoms with Crippen molar-refractivity contribution in [2.75, 3.05) is 11.9 Å². The Balaban J connectivity index is 1.76. The molecule has 2 aromatic rings. The van der Waals surface area contributed by atoms with Gasteiger partial charge >= 0.3 is 0 Å². The van der Waals surface area contributed by atoms with E-state index in [4.69, 9.17) is 9.52 Å². The first-order valence-electron chi connectivity index (χ1n) is 6.50. The zero-order valence-corrected chi connectivity index (χ0v) is 11.3. The Morgan fingerprint density at radius 2 is 2.05 bits per heavy atom. The van der Waals surface area contributed by atoms with Crippen LogP contribution in [0.5, 0.6) is 0 Å². The average molecular weight is 288 g/mol. The van der Waals surface area contributed by atoms with E-state index in [1.54, 1.807) is 36.4 Å². The molecule has 0 spiro atoms. The van der Waals surface area contributed by atoms with Crippen molar-refractivity contribution in [2.24, 2.45) is 0 Å². The lowest BCUT2D eigenvalue weighted by atomic mass is 10.2. The molecule has 3 N–H and O–H groups in total. The topological polar surface area (TPSA) is 91.6 Å². The molecule has 1 aromatic carbocycles. The second-order valence-corrected chi connectivity index (χ2v) is 4.39. The summed E-state index contributed by atoms with van der Waals surface area (Å²) in [5.74, 6) is -0.356. The number of carbonyl (C=O) groups excluding carboxylic acids is 2. The van der Waals surface area contributed by atoms with Crippen LogP contribution in [-0.4, -0.2) is 23.5 Å². The number of furan rings is 1. The van der Waals surface area contributed by atoms with Gasteiger partial charge in [-0.1, -0.05) is 12.1 Å². The predicted molar refractivity (Wildman–Crippen MR) is 76.7 cm³/mol. The van der Waals surface area contributed by atoms with Gasteiger partial charge in [-0.25, -0.2) is 0 Å². The van der Waals surface area contributed by atoms with Gasteiger partial charge in [-0.3, -0.25) is 9.59 Å². The van der Waals surface area contributed by atoms with E-state index < -0.39 is 0 Å². The van der Waals surface area contributed by atoms with Crippen molar-refractivity contribution in [2.45, 2.75) is 13.0 Å². The first kappa shape index (κ1) is 14.8. The maximum Gasteiger partial charge on any atom is 0.286 e. The number of amides is 2. The standard InChI is InChI=1S/C15H16N2O4/c18-10-11-3-1-4-12(9-11)17-14(19)6-7-16-15(20)13-5-2-8-21-13/h1-5,8-9,18H,6-7,10H2,(H,16,20)(H,17,19). The number of carbonyl (C=O) groups is 2. The Morgan fingerprint density at radius 1 is 1.19 bits per heavy atom. The van der Waals surface area contributed by atoms with E-state index in [0.29, 0.717) is 5.69 Å². The second-order valence-electron chi connectivity index (χ2n) is 4.39. The first-order valence-corrected chi connectivity index (χ1v) is 6.50. The molecule has 0 aliphatic heterocycles. The van der Waals surface area contributed by atoms with Crippen molar-refractivity contribution in [1.29, 1.82) is 0 Å². The number of rotatable bonds is 6. The fraction of sp³-hybridized carbons (Fsp3) is 0.200. The lowest BCUT2D eigenvalue weighted by molar-refractivity contribution is -0.116. The zero-order valence-electron chi connectivity index (χ0n) is 11.3. The molecule has 2 amide bonds. The molecule has 0 atom stereocenters. The molecule has 0 aliphatic rings. The van der Waals surface area contributed by atoms with E-state index in [9.17, 15) is 9.59 Å². The minimum Gasteiger partial charge on any atom is -0.459 e. The van der Waals surface area contributed by atoms with Gasteiger partial charge in [-0.05, 0) is 29.8 Å². The molecule has 0 saturated heterocycles. The molecular weight excluding hydrogens is 272 g/mol.